The molecule has 10 aromatic rings. The Kier molecular flexibility index (Phi) is 37.2. The van der Waals surface area contributed by atoms with Gasteiger partial charge in [-0.3, -0.25) is 14.4 Å². The topological polar surface area (TPSA) is 584 Å². The van der Waals surface area contributed by atoms with E-state index in [1.807, 2.05) is 18.2 Å². The maximum Gasteiger partial charge on any atom is 0.240 e. The van der Waals surface area contributed by atoms with Crippen LogP contribution < -0.4 is 16.0 Å². The fourth-order valence-corrected chi connectivity index (χ4v) is 20.0. The van der Waals surface area contributed by atoms with Crippen LogP contribution in [0.4, 0.5) is 43.9 Å². The molecule has 35 atom stereocenters. The molecular formula is C100H125F10N15O23. The summed E-state index contributed by atoms with van der Waals surface area (Å²) in [5.74, 6) is -18.5. The van der Waals surface area contributed by atoms with Crippen molar-refractivity contribution in [2.45, 2.75) is 302 Å². The van der Waals surface area contributed by atoms with Crippen LogP contribution in [0.1, 0.15) is 149 Å². The van der Waals surface area contributed by atoms with E-state index in [0.717, 1.165) is 52.1 Å². The quantitative estimate of drug-likeness (QED) is 0.0276. The van der Waals surface area contributed by atoms with Crippen LogP contribution in [-0.4, -0.2) is 341 Å². The van der Waals surface area contributed by atoms with Crippen LogP contribution in [0.5, 0.6) is 0 Å². The molecule has 808 valence electrons. The Labute approximate surface area is 842 Å². The third-order valence-electron chi connectivity index (χ3n) is 28.2. The molecule has 148 heavy (non-hydrogen) atoms. The molecular weight excluding hydrogens is 1970 g/mol. The average Bonchev–Trinajstić information content (AvgIpc) is 1.43. The molecule has 5 saturated heterocycles. The summed E-state index contributed by atoms with van der Waals surface area (Å²) in [4.78, 5) is 38.0. The number of aliphatic hydroxyl groups excluding tert-OH is 15. The molecule has 6 aliphatic rings. The van der Waals surface area contributed by atoms with Gasteiger partial charge in [0.2, 0.25) is 47.0 Å². The fraction of sp³-hybridized carbons (Fsp3) is 0.580. The van der Waals surface area contributed by atoms with E-state index < -0.39 is 274 Å². The first-order chi connectivity index (χ1) is 69.8. The zero-order valence-electron chi connectivity index (χ0n) is 82.3. The van der Waals surface area contributed by atoms with Gasteiger partial charge in [-0.05, 0) is 71.7 Å². The molecule has 16 rings (SSSR count). The first-order valence-electron chi connectivity index (χ1n) is 48.2. The number of para-hydroxylation sites is 2. The van der Waals surface area contributed by atoms with Gasteiger partial charge in [0.15, 0.2) is 30.9 Å². The van der Waals surface area contributed by atoms with Crippen LogP contribution in [-0.2, 0) is 38.1 Å². The number of carbonyl (C=O) groups is 3. The molecule has 0 bridgehead atoms. The summed E-state index contributed by atoms with van der Waals surface area (Å²) >= 11 is 0. The number of alkyl halides is 10. The number of aliphatic hydroxyl groups is 15. The van der Waals surface area contributed by atoms with Gasteiger partial charge in [0.1, 0.15) is 132 Å². The Bertz CT molecular complexity index is 6310. The maximum absolute atomic E-state index is 15.8. The first kappa shape index (κ1) is 116. The zero-order chi connectivity index (χ0) is 109. The molecule has 0 spiro atoms. The van der Waals surface area contributed by atoms with Crippen molar-refractivity contribution < 1.29 is 159 Å². The lowest BCUT2D eigenvalue weighted by Crippen LogP contribution is -2.67. The van der Waals surface area contributed by atoms with Crippen LogP contribution >= 0.6 is 0 Å². The monoisotopic (exact) mass is 2090 g/mol. The van der Waals surface area contributed by atoms with Gasteiger partial charge in [-0.25, -0.2) is 53.3 Å². The largest absolute Gasteiger partial charge is 0.394 e. The Morgan fingerprint density at radius 2 is 0.642 bits per heavy atom. The summed E-state index contributed by atoms with van der Waals surface area (Å²) < 4.78 is 184. The van der Waals surface area contributed by atoms with Crippen LogP contribution in [0.15, 0.2) is 140 Å². The molecule has 0 radical (unpaired) electrons. The standard InChI is InChI=1S/C24H29F2N3O5.C22H27F2N3O5.C19H26F2N4O5.C19H22F2N2O4.C16H21F2N3O4/c1-24(26)22(25)19(29-11-14-8-4-5-9-15(14)16(29)10-27)18(21(34-24)20(32)17(31)12-30)28-23(33)13-6-2-3-7-13;1-11(2)21(31)26-16-17(27-9-12-6-4-5-7-13(12)14(27)8-25)20(23)22(3,24)32-19(16)18(30)15(29)10-28;1-9(2)18(29)22-13-14(25-11-7-5-4-6-10(11)23-24-25)17(20)19(3,21)30-16(13)15(28)12(27)8-26;1-10-15(23-8-11-5-3-4-6-12(11)13(23)7-22)18(20)19(2,21)27-17(10)16(26)14(25)9-24;1-8-12(21-10-6-4-3-5-9(10)19-20-21)15(17)16(2,18)25-14(8)13(24)11(23)7-22/h4-5,8-9,11,13,17-22,30-32H,2-3,6-7,12H2,1H3,(H,28,33);4-7,9,11,15-20,28-30H,10H2,1-3H3,(H,26,31);4-7,9,12-17,26-28H,8H2,1-3H3,(H,22,29);3-6,8,10,14-18,24-26H,9H2,1-2H3;3-6,8,11-15,22-24H,7H2,1-2H3/t17-,18-,19-,20-,21-,22?,24?;15-,16-,17-,18-,19-,20?,22?;12-,13-,14-,15-,16-,17?,19?;10-,14-,15-,16-,17-,18?,19?;8-,11-,12-,13-,14-,15?,16?/m11111/s1. The van der Waals surface area contributed by atoms with E-state index in [1.165, 1.54) is 30.8 Å². The van der Waals surface area contributed by atoms with Crippen molar-refractivity contribution in [1.29, 1.82) is 15.8 Å². The van der Waals surface area contributed by atoms with Gasteiger partial charge in [0.25, 0.3) is 0 Å². The highest BCUT2D eigenvalue weighted by atomic mass is 19.2. The van der Waals surface area contributed by atoms with Gasteiger partial charge in [-0.2, -0.15) is 15.8 Å². The number of fused-ring (bicyclic) bond motifs is 5. The Morgan fingerprint density at radius 3 is 0.966 bits per heavy atom. The highest BCUT2D eigenvalue weighted by molar-refractivity contribution is 5.90. The second-order valence-electron chi connectivity index (χ2n) is 39.4. The van der Waals surface area contributed by atoms with E-state index in [-0.39, 0.29) is 23.0 Å². The number of nitriles is 3. The molecule has 1 saturated carbocycles. The second-order valence-corrected chi connectivity index (χ2v) is 39.4. The van der Waals surface area contributed by atoms with Gasteiger partial charge in [-0.1, -0.05) is 162 Å². The van der Waals surface area contributed by atoms with E-state index in [4.69, 9.17) is 33.9 Å². The second kappa shape index (κ2) is 47.6. The summed E-state index contributed by atoms with van der Waals surface area (Å²) in [6.07, 6.45) is -27.8. The molecule has 1 aliphatic carbocycles. The smallest absolute Gasteiger partial charge is 0.240 e. The van der Waals surface area contributed by atoms with Crippen molar-refractivity contribution in [3.63, 3.8) is 0 Å². The highest BCUT2D eigenvalue weighted by Gasteiger charge is 2.64. The SMILES string of the molecule is CC(C)C(=O)N[C@H]1[C@H]([C@H](O)[C@H](O)CO)OC(C)(F)C(F)[C@@H]1n1cc2ccccc2c1C#N.CC(C)C(=O)N[C@H]1[C@H]([C@H](O)[C@H](O)CO)OC(C)(F)C(F)[C@@H]1n1nnc2ccccc21.CC1(F)O[C@@H]([C@H](O)[C@H](O)CO)[C@H](NC(=O)C2CCCC2)[C@@H](n2cc3ccccc3c2C#N)C1F.C[C@H]1[C@H]([C@H](O)[C@H](O)CO)OC(C)(F)C(F)[C@@H]1n1cc2ccccc2c1C#N.C[C@H]1[C@H]([C@H](O)[C@H](O)CO)OC(C)(F)C(F)[C@@H]1n1nnc2ccccc21. The Morgan fingerprint density at radius 1 is 0.385 bits per heavy atom. The molecule has 10 unspecified atom stereocenters. The minimum absolute atomic E-state index is 0.0469. The number of hydrogen-bond donors (Lipinski definition) is 18. The molecule has 3 amide bonds. The molecule has 5 aromatic heterocycles. The lowest BCUT2D eigenvalue weighted by molar-refractivity contribution is -0.287. The van der Waals surface area contributed by atoms with E-state index >= 15 is 30.7 Å². The van der Waals surface area contributed by atoms with Crippen LogP contribution in [0.2, 0.25) is 0 Å². The van der Waals surface area contributed by atoms with Gasteiger partial charge in [0.05, 0.1) is 98.6 Å². The highest BCUT2D eigenvalue weighted by Crippen LogP contribution is 2.51. The van der Waals surface area contributed by atoms with Gasteiger partial charge in [0, 0.05) is 80.5 Å². The van der Waals surface area contributed by atoms with Gasteiger partial charge >= 0.3 is 0 Å². The normalized spacial score (nSPS) is 32.4. The van der Waals surface area contributed by atoms with Crippen LogP contribution in [0, 0.1) is 63.6 Å². The number of nitrogens with zero attached hydrogens (tertiary/aromatic N) is 12. The lowest BCUT2D eigenvalue weighted by atomic mass is 9.82. The third-order valence-corrected chi connectivity index (χ3v) is 28.2. The van der Waals surface area contributed by atoms with Crippen molar-refractivity contribution in [1.82, 2.24) is 59.6 Å². The van der Waals surface area contributed by atoms with E-state index in [2.05, 4.69) is 36.6 Å². The summed E-state index contributed by atoms with van der Waals surface area (Å²) in [7, 11) is 0. The fourth-order valence-electron chi connectivity index (χ4n) is 20.0. The molecule has 18 N–H and O–H groups in total. The zero-order valence-corrected chi connectivity index (χ0v) is 82.3. The number of aromatic nitrogens is 9. The van der Waals surface area contributed by atoms with Crippen molar-refractivity contribution in [3.05, 3.63) is 157 Å². The van der Waals surface area contributed by atoms with Crippen molar-refractivity contribution >= 4 is 72.1 Å². The molecule has 48 heteroatoms. The number of benzene rings is 5. The summed E-state index contributed by atoms with van der Waals surface area (Å²) in [6.45, 7) is 9.89. The Hall–Kier alpha value is -11.1. The number of rotatable bonds is 26. The minimum atomic E-state index is -2.92. The van der Waals surface area contributed by atoms with Crippen LogP contribution in [0.3, 0.4) is 0 Å². The average molecular weight is 2100 g/mol. The summed E-state index contributed by atoms with van der Waals surface area (Å²) in [5, 5.41) is 204. The maximum atomic E-state index is 15.8. The summed E-state index contributed by atoms with van der Waals surface area (Å²) in [6, 6.07) is 29.6. The van der Waals surface area contributed by atoms with E-state index in [0.29, 0.717) is 67.2 Å². The summed E-state index contributed by atoms with van der Waals surface area (Å²) in [5.41, 5.74) is 2.17. The number of nitrogens with one attached hydrogen (secondary N) is 3. The number of halogens is 10. The van der Waals surface area contributed by atoms with Gasteiger partial charge < -0.3 is 130 Å². The number of carbonyl (C=O) groups excluding carboxylic acids is 3. The molecule has 5 aromatic carbocycles. The Balaban J connectivity index is 0.000000165. The van der Waals surface area contributed by atoms with E-state index in [9.17, 15) is 110 Å². The number of ether oxygens (including phenoxy) is 5. The van der Waals surface area contributed by atoms with Crippen LogP contribution in [0.25, 0.3) is 54.4 Å². The third kappa shape index (κ3) is 23.6. The molecule has 10 heterocycles. The van der Waals surface area contributed by atoms with Crippen molar-refractivity contribution in [2.75, 3.05) is 33.0 Å². The van der Waals surface area contributed by atoms with Crippen molar-refractivity contribution in [2.24, 2.45) is 29.6 Å². The number of hydrogen-bond acceptors (Lipinski definition) is 30. The first-order valence-corrected chi connectivity index (χ1v) is 48.2. The van der Waals surface area contributed by atoms with E-state index in [1.54, 1.807) is 169 Å². The van der Waals surface area contributed by atoms with Crippen molar-refractivity contribution in [3.8, 4) is 18.2 Å². The number of amides is 3. The lowest BCUT2D eigenvalue weighted by Gasteiger charge is -2.48. The predicted octanol–water partition coefficient (Wildman–Crippen LogP) is 6.02. The molecule has 6 fully saturated rings. The van der Waals surface area contributed by atoms with Gasteiger partial charge in [-0.15, -0.1) is 10.2 Å². The molecule has 5 aliphatic heterocycles. The predicted molar refractivity (Wildman–Crippen MR) is 508 cm³/mol. The minimum Gasteiger partial charge on any atom is -0.394 e. The molecule has 38 nitrogen and oxygen atoms in total.